The van der Waals surface area contributed by atoms with E-state index >= 15 is 0 Å². The molecule has 1 aromatic heterocycles. The van der Waals surface area contributed by atoms with E-state index in [1.807, 2.05) is 24.3 Å². The Kier molecular flexibility index (Phi) is 3.92. The predicted octanol–water partition coefficient (Wildman–Crippen LogP) is 3.59. The molecule has 0 atom stereocenters. The number of rotatable bonds is 5. The van der Waals surface area contributed by atoms with E-state index in [9.17, 15) is 13.6 Å². The summed E-state index contributed by atoms with van der Waals surface area (Å²) in [5.74, 6) is -2.69. The molecular weight excluding hydrogens is 304 g/mol. The van der Waals surface area contributed by atoms with Crippen LogP contribution in [0, 0.1) is 5.41 Å². The maximum atomic E-state index is 12.9. The molecule has 4 nitrogen and oxygen atoms in total. The number of benzene rings is 1. The van der Waals surface area contributed by atoms with Crippen molar-refractivity contribution in [2.24, 2.45) is 5.41 Å². The Morgan fingerprint density at radius 3 is 2.70 bits per heavy atom. The van der Waals surface area contributed by atoms with E-state index in [0.29, 0.717) is 5.75 Å². The first-order valence-corrected chi connectivity index (χ1v) is 7.41. The largest absolute Gasteiger partial charge is 0.489 e. The Morgan fingerprint density at radius 1 is 1.22 bits per heavy atom. The third kappa shape index (κ3) is 3.25. The van der Waals surface area contributed by atoms with Crippen molar-refractivity contribution < 1.29 is 23.0 Å². The summed E-state index contributed by atoms with van der Waals surface area (Å²) in [6, 6.07) is 9.27. The molecule has 1 fully saturated rings. The van der Waals surface area contributed by atoms with Gasteiger partial charge in [0.1, 0.15) is 19.0 Å². The van der Waals surface area contributed by atoms with E-state index < -0.39 is 30.1 Å². The van der Waals surface area contributed by atoms with Gasteiger partial charge in [0.2, 0.25) is 5.92 Å². The molecular formula is C17H17F2NO3. The summed E-state index contributed by atoms with van der Waals surface area (Å²) < 4.78 is 36.5. The van der Waals surface area contributed by atoms with Crippen LogP contribution >= 0.6 is 0 Å². The van der Waals surface area contributed by atoms with Crippen molar-refractivity contribution in [3.63, 3.8) is 0 Å². The summed E-state index contributed by atoms with van der Waals surface area (Å²) in [6.45, 7) is 1.69. The molecule has 1 aromatic carbocycles. The number of halogens is 2. The van der Waals surface area contributed by atoms with Crippen molar-refractivity contribution in [1.29, 1.82) is 0 Å². The topological polar surface area (TPSA) is 48.4 Å². The van der Waals surface area contributed by atoms with Crippen LogP contribution in [0.5, 0.6) is 5.75 Å². The fraction of sp³-hybridized carbons (Fsp3) is 0.412. The maximum absolute atomic E-state index is 12.9. The number of carbonyl (C=O) groups is 1. The van der Waals surface area contributed by atoms with E-state index in [4.69, 9.17) is 9.47 Å². The molecule has 0 aliphatic heterocycles. The first-order chi connectivity index (χ1) is 10.9. The second-order valence-corrected chi connectivity index (χ2v) is 6.08. The highest BCUT2D eigenvalue weighted by Gasteiger charge is 2.58. The van der Waals surface area contributed by atoms with Crippen molar-refractivity contribution in [1.82, 2.24) is 4.98 Å². The minimum atomic E-state index is -2.75. The summed E-state index contributed by atoms with van der Waals surface area (Å²) >= 11 is 0. The minimum absolute atomic E-state index is 0.0244. The van der Waals surface area contributed by atoms with Crippen LogP contribution in [0.3, 0.4) is 0 Å². The first-order valence-electron chi connectivity index (χ1n) is 7.41. The summed E-state index contributed by atoms with van der Waals surface area (Å²) in [4.78, 5) is 16.1. The molecule has 1 aliphatic carbocycles. The van der Waals surface area contributed by atoms with Crippen LogP contribution in [0.15, 0.2) is 36.5 Å². The highest BCUT2D eigenvalue weighted by Crippen LogP contribution is 2.52. The quantitative estimate of drug-likeness (QED) is 0.624. The number of aromatic nitrogens is 1. The molecule has 2 aromatic rings. The van der Waals surface area contributed by atoms with Gasteiger partial charge in [-0.2, -0.15) is 0 Å². The van der Waals surface area contributed by atoms with E-state index in [-0.39, 0.29) is 13.2 Å². The lowest BCUT2D eigenvalue weighted by Gasteiger charge is -2.42. The number of ether oxygens (including phenoxy) is 2. The Balaban J connectivity index is 1.51. The highest BCUT2D eigenvalue weighted by atomic mass is 19.3. The van der Waals surface area contributed by atoms with Gasteiger partial charge in [0.25, 0.3) is 0 Å². The molecule has 0 unspecified atom stereocenters. The van der Waals surface area contributed by atoms with E-state index in [2.05, 4.69) is 4.98 Å². The lowest BCUT2D eigenvalue weighted by atomic mass is 9.67. The third-order valence-corrected chi connectivity index (χ3v) is 3.97. The molecule has 0 N–H and O–H groups in total. The smallest absolute Gasteiger partial charge is 0.312 e. The van der Waals surface area contributed by atoms with E-state index in [1.165, 1.54) is 6.92 Å². The number of alkyl halides is 2. The fourth-order valence-corrected chi connectivity index (χ4v) is 2.89. The maximum Gasteiger partial charge on any atom is 0.312 e. The van der Waals surface area contributed by atoms with Crippen molar-refractivity contribution in [2.45, 2.75) is 25.7 Å². The average Bonchev–Trinajstić information content (AvgIpc) is 2.49. The van der Waals surface area contributed by atoms with E-state index in [1.54, 1.807) is 12.3 Å². The number of carbonyl (C=O) groups excluding carboxylic acids is 1. The van der Waals surface area contributed by atoms with Crippen molar-refractivity contribution in [2.75, 3.05) is 13.2 Å². The molecule has 0 amide bonds. The number of esters is 1. The number of nitrogens with zero attached hydrogens (tertiary/aromatic N) is 1. The molecule has 1 aliphatic rings. The molecule has 6 heteroatoms. The summed E-state index contributed by atoms with van der Waals surface area (Å²) in [6.07, 6.45) is 0.741. The van der Waals surface area contributed by atoms with Crippen LogP contribution in [0.25, 0.3) is 10.9 Å². The summed E-state index contributed by atoms with van der Waals surface area (Å²) in [5, 5.41) is 0.868. The fourth-order valence-electron chi connectivity index (χ4n) is 2.89. The molecule has 122 valence electrons. The van der Waals surface area contributed by atoms with Crippen LogP contribution in [-0.2, 0) is 9.53 Å². The van der Waals surface area contributed by atoms with Crippen LogP contribution in [0.1, 0.15) is 19.8 Å². The van der Waals surface area contributed by atoms with Crippen LogP contribution in [0.2, 0.25) is 0 Å². The van der Waals surface area contributed by atoms with Gasteiger partial charge in [-0.1, -0.05) is 12.1 Å². The van der Waals surface area contributed by atoms with E-state index in [0.717, 1.165) is 10.9 Å². The monoisotopic (exact) mass is 321 g/mol. The minimum Gasteiger partial charge on any atom is -0.489 e. The molecule has 1 heterocycles. The molecule has 0 radical (unpaired) electrons. The van der Waals surface area contributed by atoms with Crippen LogP contribution in [0.4, 0.5) is 8.78 Å². The van der Waals surface area contributed by atoms with Gasteiger partial charge < -0.3 is 9.47 Å². The number of hydrogen-bond acceptors (Lipinski definition) is 4. The average molecular weight is 321 g/mol. The van der Waals surface area contributed by atoms with Crippen molar-refractivity contribution >= 4 is 16.9 Å². The number of pyridine rings is 1. The molecule has 0 spiro atoms. The number of fused-ring (bicyclic) bond motifs is 1. The molecule has 1 saturated carbocycles. The molecule has 23 heavy (non-hydrogen) atoms. The predicted molar refractivity (Wildman–Crippen MR) is 80.5 cm³/mol. The molecule has 3 rings (SSSR count). The van der Waals surface area contributed by atoms with Gasteiger partial charge in [0.15, 0.2) is 0 Å². The Labute approximate surface area is 132 Å². The van der Waals surface area contributed by atoms with Gasteiger partial charge in [-0.25, -0.2) is 8.78 Å². The third-order valence-electron chi connectivity index (χ3n) is 3.97. The number of hydrogen-bond donors (Lipinski definition) is 0. The lowest BCUT2D eigenvalue weighted by Crippen LogP contribution is -2.49. The Hall–Kier alpha value is -2.24. The van der Waals surface area contributed by atoms with Crippen LogP contribution < -0.4 is 4.74 Å². The van der Waals surface area contributed by atoms with Crippen molar-refractivity contribution in [3.8, 4) is 5.75 Å². The zero-order valence-electron chi connectivity index (χ0n) is 12.7. The van der Waals surface area contributed by atoms with Gasteiger partial charge in [0.05, 0.1) is 10.9 Å². The van der Waals surface area contributed by atoms with Gasteiger partial charge in [-0.3, -0.25) is 9.78 Å². The Morgan fingerprint density at radius 2 is 1.96 bits per heavy atom. The normalized spacial score (nSPS) is 18.2. The number of para-hydroxylation sites is 1. The summed E-state index contributed by atoms with van der Waals surface area (Å²) in [5.41, 5.74) is -0.265. The van der Waals surface area contributed by atoms with Crippen LogP contribution in [-0.4, -0.2) is 30.1 Å². The second kappa shape index (κ2) is 5.76. The van der Waals surface area contributed by atoms with Gasteiger partial charge in [-0.15, -0.1) is 0 Å². The second-order valence-electron chi connectivity index (χ2n) is 6.08. The lowest BCUT2D eigenvalue weighted by molar-refractivity contribution is -0.194. The first kappa shape index (κ1) is 15.6. The van der Waals surface area contributed by atoms with Gasteiger partial charge in [0, 0.05) is 24.4 Å². The zero-order valence-corrected chi connectivity index (χ0v) is 12.7. The van der Waals surface area contributed by atoms with Gasteiger partial charge in [-0.05, 0) is 25.1 Å². The summed E-state index contributed by atoms with van der Waals surface area (Å²) in [7, 11) is 0. The van der Waals surface area contributed by atoms with Gasteiger partial charge >= 0.3 is 5.97 Å². The molecule has 0 saturated heterocycles. The standard InChI is InChI=1S/C17H17F2NO3/c1-16(10-17(18,19)11-16)15(21)23-9-8-22-14-6-7-20-13-5-3-2-4-12(13)14/h2-7H,8-11H2,1H3. The van der Waals surface area contributed by atoms with Crippen molar-refractivity contribution in [3.05, 3.63) is 36.5 Å². The molecule has 0 bridgehead atoms. The SMILES string of the molecule is CC1(C(=O)OCCOc2ccnc3ccccc23)CC(F)(F)C1. The Bertz CT molecular complexity index is 719. The zero-order chi connectivity index (χ0) is 16.5. The highest BCUT2D eigenvalue weighted by molar-refractivity contribution is 5.84.